The molecule has 31 heavy (non-hydrogen) atoms. The number of rotatable bonds is 6. The Labute approximate surface area is 183 Å². The summed E-state index contributed by atoms with van der Waals surface area (Å²) >= 11 is 1.62. The summed E-state index contributed by atoms with van der Waals surface area (Å²) in [5.74, 6) is 0.544. The molecule has 0 saturated carbocycles. The molecule has 4 aromatic rings. The fraction of sp³-hybridized carbons (Fsp3) is 0.261. The number of hydrogen-bond acceptors (Lipinski definition) is 7. The Hall–Kier alpha value is -3.10. The first-order valence-electron chi connectivity index (χ1n) is 10.2. The molecule has 158 valence electrons. The van der Waals surface area contributed by atoms with Crippen LogP contribution in [0.3, 0.4) is 0 Å². The Kier molecular flexibility index (Phi) is 5.73. The normalized spacial score (nSPS) is 14.2. The summed E-state index contributed by atoms with van der Waals surface area (Å²) in [5.41, 5.74) is 3.28. The highest BCUT2D eigenvalue weighted by molar-refractivity contribution is 7.09. The van der Waals surface area contributed by atoms with Crippen molar-refractivity contribution in [1.82, 2.24) is 15.1 Å². The standard InChI is InChI=1S/C23H21FN4O2S/c24-19-13-17(6-7-20(19)28-8-10-29-11-9-28)23-26-21(30-27-23)14-18-15-31-22(25-18)12-16-4-2-1-3-5-16/h1-7,13,15H,8-12,14H2. The van der Waals surface area contributed by atoms with Gasteiger partial charge in [-0.2, -0.15) is 4.98 Å². The maximum atomic E-state index is 14.7. The van der Waals surface area contributed by atoms with Crippen molar-refractivity contribution in [3.63, 3.8) is 0 Å². The molecule has 0 spiro atoms. The van der Waals surface area contributed by atoms with Crippen LogP contribution in [0.25, 0.3) is 11.4 Å². The van der Waals surface area contributed by atoms with E-state index in [2.05, 4.69) is 27.3 Å². The van der Waals surface area contributed by atoms with Gasteiger partial charge in [0.2, 0.25) is 11.7 Å². The molecule has 2 aromatic carbocycles. The monoisotopic (exact) mass is 436 g/mol. The van der Waals surface area contributed by atoms with Crippen LogP contribution in [0, 0.1) is 5.82 Å². The van der Waals surface area contributed by atoms with Crippen LogP contribution in [0.1, 0.15) is 22.2 Å². The van der Waals surface area contributed by atoms with Crippen molar-refractivity contribution in [2.24, 2.45) is 0 Å². The summed E-state index contributed by atoms with van der Waals surface area (Å²) in [6.45, 7) is 2.59. The Morgan fingerprint density at radius 1 is 1.00 bits per heavy atom. The van der Waals surface area contributed by atoms with E-state index in [9.17, 15) is 4.39 Å². The van der Waals surface area contributed by atoms with Crippen LogP contribution in [0.5, 0.6) is 0 Å². The van der Waals surface area contributed by atoms with Gasteiger partial charge in [-0.05, 0) is 23.8 Å². The second kappa shape index (κ2) is 8.95. The highest BCUT2D eigenvalue weighted by atomic mass is 32.1. The van der Waals surface area contributed by atoms with Gasteiger partial charge in [-0.15, -0.1) is 11.3 Å². The topological polar surface area (TPSA) is 64.3 Å². The zero-order valence-corrected chi connectivity index (χ0v) is 17.6. The Morgan fingerprint density at radius 3 is 2.65 bits per heavy atom. The van der Waals surface area contributed by atoms with Gasteiger partial charge in [0.25, 0.3) is 0 Å². The minimum absolute atomic E-state index is 0.296. The van der Waals surface area contributed by atoms with Gasteiger partial charge in [0, 0.05) is 30.5 Å². The van der Waals surface area contributed by atoms with E-state index in [0.29, 0.717) is 55.7 Å². The molecule has 3 heterocycles. The van der Waals surface area contributed by atoms with E-state index in [0.717, 1.165) is 17.1 Å². The molecule has 8 heteroatoms. The first kappa shape index (κ1) is 19.8. The summed E-state index contributed by atoms with van der Waals surface area (Å²) in [4.78, 5) is 11.1. The fourth-order valence-corrected chi connectivity index (χ4v) is 4.42. The molecule has 0 radical (unpaired) electrons. The average molecular weight is 437 g/mol. The van der Waals surface area contributed by atoms with Gasteiger partial charge in [-0.3, -0.25) is 0 Å². The smallest absolute Gasteiger partial charge is 0.233 e. The molecule has 1 saturated heterocycles. The molecule has 0 aliphatic carbocycles. The molecule has 0 bridgehead atoms. The van der Waals surface area contributed by atoms with Gasteiger partial charge >= 0.3 is 0 Å². The van der Waals surface area contributed by atoms with Crippen LogP contribution in [0.15, 0.2) is 58.4 Å². The van der Waals surface area contributed by atoms with Gasteiger partial charge in [0.05, 0.1) is 36.0 Å². The molecule has 1 fully saturated rings. The first-order chi connectivity index (χ1) is 15.2. The number of morpholine rings is 1. The molecule has 1 aliphatic rings. The minimum Gasteiger partial charge on any atom is -0.378 e. The van der Waals surface area contributed by atoms with Crippen LogP contribution in [0.2, 0.25) is 0 Å². The summed E-state index contributed by atoms with van der Waals surface area (Å²) < 4.78 is 25.4. The number of anilines is 1. The van der Waals surface area contributed by atoms with Crippen molar-refractivity contribution in [1.29, 1.82) is 0 Å². The van der Waals surface area contributed by atoms with Crippen molar-refractivity contribution in [3.05, 3.63) is 81.9 Å². The van der Waals surface area contributed by atoms with E-state index in [1.807, 2.05) is 34.5 Å². The summed E-state index contributed by atoms with van der Waals surface area (Å²) in [7, 11) is 0. The fourth-order valence-electron chi connectivity index (χ4n) is 3.59. The number of aromatic nitrogens is 3. The number of thiazole rings is 1. The summed E-state index contributed by atoms with van der Waals surface area (Å²) in [6.07, 6.45) is 1.25. The third-order valence-electron chi connectivity index (χ3n) is 5.16. The third-order valence-corrected chi connectivity index (χ3v) is 6.05. The zero-order valence-electron chi connectivity index (χ0n) is 16.8. The minimum atomic E-state index is -0.296. The van der Waals surface area contributed by atoms with Crippen LogP contribution in [0.4, 0.5) is 10.1 Å². The lowest BCUT2D eigenvalue weighted by atomic mass is 10.1. The van der Waals surface area contributed by atoms with E-state index in [4.69, 9.17) is 9.26 Å². The van der Waals surface area contributed by atoms with E-state index in [1.165, 1.54) is 11.6 Å². The van der Waals surface area contributed by atoms with Gasteiger partial charge in [-0.25, -0.2) is 9.37 Å². The van der Waals surface area contributed by atoms with E-state index in [1.54, 1.807) is 17.4 Å². The van der Waals surface area contributed by atoms with E-state index in [-0.39, 0.29) is 5.82 Å². The van der Waals surface area contributed by atoms with E-state index >= 15 is 0 Å². The highest BCUT2D eigenvalue weighted by Crippen LogP contribution is 2.26. The lowest BCUT2D eigenvalue weighted by Crippen LogP contribution is -2.36. The van der Waals surface area contributed by atoms with Crippen molar-refractivity contribution in [3.8, 4) is 11.4 Å². The Balaban J connectivity index is 1.26. The second-order valence-electron chi connectivity index (χ2n) is 7.35. The lowest BCUT2D eigenvalue weighted by Gasteiger charge is -2.29. The van der Waals surface area contributed by atoms with Gasteiger partial charge < -0.3 is 14.2 Å². The average Bonchev–Trinajstić information content (AvgIpc) is 3.45. The summed E-state index contributed by atoms with van der Waals surface area (Å²) in [5, 5.41) is 7.09. The number of benzene rings is 2. The van der Waals surface area contributed by atoms with Crippen molar-refractivity contribution < 1.29 is 13.7 Å². The lowest BCUT2D eigenvalue weighted by molar-refractivity contribution is 0.122. The molecule has 6 nitrogen and oxygen atoms in total. The number of halogens is 1. The molecule has 2 aromatic heterocycles. The molecule has 0 atom stereocenters. The molecule has 0 amide bonds. The van der Waals surface area contributed by atoms with Gasteiger partial charge in [0.1, 0.15) is 5.82 Å². The highest BCUT2D eigenvalue weighted by Gasteiger charge is 2.17. The molecular weight excluding hydrogens is 415 g/mol. The van der Waals surface area contributed by atoms with Crippen LogP contribution in [-0.2, 0) is 17.6 Å². The van der Waals surface area contributed by atoms with Crippen molar-refractivity contribution >= 4 is 17.0 Å². The van der Waals surface area contributed by atoms with Crippen LogP contribution >= 0.6 is 11.3 Å². The third kappa shape index (κ3) is 4.65. The molecular formula is C23H21FN4O2S. The van der Waals surface area contributed by atoms with Crippen LogP contribution in [-0.4, -0.2) is 41.4 Å². The van der Waals surface area contributed by atoms with Crippen molar-refractivity contribution in [2.75, 3.05) is 31.2 Å². The van der Waals surface area contributed by atoms with E-state index < -0.39 is 0 Å². The van der Waals surface area contributed by atoms with Gasteiger partial charge in [0.15, 0.2) is 0 Å². The molecule has 0 unspecified atom stereocenters. The summed E-state index contributed by atoms with van der Waals surface area (Å²) in [6, 6.07) is 15.3. The largest absolute Gasteiger partial charge is 0.378 e. The predicted molar refractivity (Wildman–Crippen MR) is 117 cm³/mol. The molecule has 1 aliphatic heterocycles. The number of ether oxygens (including phenoxy) is 1. The van der Waals surface area contributed by atoms with Crippen LogP contribution < -0.4 is 4.90 Å². The number of nitrogens with zero attached hydrogens (tertiary/aromatic N) is 4. The van der Waals surface area contributed by atoms with Crippen molar-refractivity contribution in [2.45, 2.75) is 12.8 Å². The van der Waals surface area contributed by atoms with Gasteiger partial charge in [-0.1, -0.05) is 35.5 Å². The Bertz CT molecular complexity index is 1160. The maximum absolute atomic E-state index is 14.7. The Morgan fingerprint density at radius 2 is 1.84 bits per heavy atom. The first-order valence-corrected chi connectivity index (χ1v) is 11.0. The SMILES string of the molecule is Fc1cc(-c2noc(Cc3csc(Cc4ccccc4)n3)n2)ccc1N1CCOCC1. The predicted octanol–water partition coefficient (Wildman–Crippen LogP) is 4.35. The second-order valence-corrected chi connectivity index (χ2v) is 8.29. The quantitative estimate of drug-likeness (QED) is 0.448. The molecule has 5 rings (SSSR count). The maximum Gasteiger partial charge on any atom is 0.233 e. The zero-order chi connectivity index (χ0) is 21.0. The molecule has 0 N–H and O–H groups in total. The number of hydrogen-bond donors (Lipinski definition) is 0.